The summed E-state index contributed by atoms with van der Waals surface area (Å²) >= 11 is 0. The highest BCUT2D eigenvalue weighted by Gasteiger charge is 2.09. The molecule has 0 aliphatic rings. The minimum Gasteiger partial charge on any atom is -0.432 e. The van der Waals surface area contributed by atoms with E-state index in [9.17, 15) is 0 Å². The maximum Gasteiger partial charge on any atom is 0.297 e. The molecule has 0 fully saturated rings. The standard InChI is InChI=1S/C14H20N4O/c1-3-7-15-9-13-11-19-14(17-13)18(2)10-12-6-4-5-8-16-12/h4-6,8,11,15H,3,7,9-10H2,1-2H3. The molecular formula is C14H20N4O. The normalized spacial score (nSPS) is 10.6. The molecule has 2 rings (SSSR count). The molecule has 0 unspecified atom stereocenters. The van der Waals surface area contributed by atoms with E-state index in [0.717, 1.165) is 30.9 Å². The highest BCUT2D eigenvalue weighted by molar-refractivity contribution is 5.26. The van der Waals surface area contributed by atoms with Crippen LogP contribution in [0, 0.1) is 0 Å². The van der Waals surface area contributed by atoms with Crippen LogP contribution in [0.4, 0.5) is 6.01 Å². The first-order valence-electron chi connectivity index (χ1n) is 6.55. The highest BCUT2D eigenvalue weighted by atomic mass is 16.4. The van der Waals surface area contributed by atoms with Crippen molar-refractivity contribution in [2.24, 2.45) is 0 Å². The number of nitrogens with zero attached hydrogens (tertiary/aromatic N) is 3. The number of nitrogens with one attached hydrogen (secondary N) is 1. The third kappa shape index (κ3) is 4.06. The Balaban J connectivity index is 1.90. The molecule has 0 aliphatic heterocycles. The summed E-state index contributed by atoms with van der Waals surface area (Å²) in [6, 6.07) is 6.50. The highest BCUT2D eigenvalue weighted by Crippen LogP contribution is 2.14. The summed E-state index contributed by atoms with van der Waals surface area (Å²) in [5.74, 6) is 0. The van der Waals surface area contributed by atoms with Crippen LogP contribution in [-0.4, -0.2) is 23.6 Å². The summed E-state index contributed by atoms with van der Waals surface area (Å²) in [6.07, 6.45) is 4.61. The quantitative estimate of drug-likeness (QED) is 0.773. The summed E-state index contributed by atoms with van der Waals surface area (Å²) in [6.45, 7) is 4.56. The molecule has 0 radical (unpaired) electrons. The Hall–Kier alpha value is -1.88. The fraction of sp³-hybridized carbons (Fsp3) is 0.429. The van der Waals surface area contributed by atoms with Crippen molar-refractivity contribution in [1.82, 2.24) is 15.3 Å². The summed E-state index contributed by atoms with van der Waals surface area (Å²) in [7, 11) is 1.95. The van der Waals surface area contributed by atoms with Crippen molar-refractivity contribution in [2.75, 3.05) is 18.5 Å². The van der Waals surface area contributed by atoms with E-state index < -0.39 is 0 Å². The van der Waals surface area contributed by atoms with Gasteiger partial charge in [-0.2, -0.15) is 4.98 Å². The van der Waals surface area contributed by atoms with Crippen LogP contribution in [0.1, 0.15) is 24.7 Å². The van der Waals surface area contributed by atoms with Crippen LogP contribution in [0.15, 0.2) is 35.1 Å². The minimum atomic E-state index is 0.624. The van der Waals surface area contributed by atoms with Crippen molar-refractivity contribution in [3.8, 4) is 0 Å². The van der Waals surface area contributed by atoms with Crippen molar-refractivity contribution in [1.29, 1.82) is 0 Å². The first-order valence-corrected chi connectivity index (χ1v) is 6.55. The van der Waals surface area contributed by atoms with E-state index in [1.54, 1.807) is 12.5 Å². The molecule has 2 heterocycles. The fourth-order valence-corrected chi connectivity index (χ4v) is 1.75. The van der Waals surface area contributed by atoms with Crippen LogP contribution in [-0.2, 0) is 13.1 Å². The van der Waals surface area contributed by atoms with E-state index >= 15 is 0 Å². The van der Waals surface area contributed by atoms with E-state index in [1.165, 1.54) is 0 Å². The molecule has 0 saturated carbocycles. The van der Waals surface area contributed by atoms with E-state index in [4.69, 9.17) is 4.42 Å². The molecule has 102 valence electrons. The number of anilines is 1. The molecule has 2 aromatic heterocycles. The van der Waals surface area contributed by atoms with Crippen molar-refractivity contribution in [2.45, 2.75) is 26.4 Å². The van der Waals surface area contributed by atoms with Crippen LogP contribution >= 0.6 is 0 Å². The first-order chi connectivity index (χ1) is 9.29. The summed E-state index contributed by atoms with van der Waals surface area (Å²) < 4.78 is 5.48. The first kappa shape index (κ1) is 13.5. The Morgan fingerprint density at radius 1 is 1.32 bits per heavy atom. The predicted octanol–water partition coefficient (Wildman–Crippen LogP) is 2.21. The number of aromatic nitrogens is 2. The molecule has 0 aromatic carbocycles. The van der Waals surface area contributed by atoms with Gasteiger partial charge in [0, 0.05) is 19.8 Å². The summed E-state index contributed by atoms with van der Waals surface area (Å²) in [5.41, 5.74) is 1.92. The average molecular weight is 260 g/mol. The van der Waals surface area contributed by atoms with Gasteiger partial charge in [-0.15, -0.1) is 0 Å². The number of hydrogen-bond donors (Lipinski definition) is 1. The van der Waals surface area contributed by atoms with Gasteiger partial charge in [-0.1, -0.05) is 13.0 Å². The second-order valence-corrected chi connectivity index (χ2v) is 4.48. The SMILES string of the molecule is CCCNCc1coc(N(C)Cc2ccccn2)n1. The molecule has 1 N–H and O–H groups in total. The van der Waals surface area contributed by atoms with E-state index in [1.807, 2.05) is 30.1 Å². The maximum atomic E-state index is 5.48. The van der Waals surface area contributed by atoms with Gasteiger partial charge in [0.2, 0.25) is 0 Å². The Labute approximate surface area is 113 Å². The Kier molecular flexibility index (Phi) is 4.92. The topological polar surface area (TPSA) is 54.2 Å². The van der Waals surface area contributed by atoms with Gasteiger partial charge in [0.1, 0.15) is 6.26 Å². The van der Waals surface area contributed by atoms with Gasteiger partial charge in [0.15, 0.2) is 0 Å². The Morgan fingerprint density at radius 2 is 2.21 bits per heavy atom. The Morgan fingerprint density at radius 3 is 2.95 bits per heavy atom. The molecule has 0 bridgehead atoms. The van der Waals surface area contributed by atoms with Crippen LogP contribution in [0.3, 0.4) is 0 Å². The van der Waals surface area contributed by atoms with Gasteiger partial charge in [-0.25, -0.2) is 0 Å². The van der Waals surface area contributed by atoms with Gasteiger partial charge in [0.25, 0.3) is 6.01 Å². The molecule has 0 spiro atoms. The van der Waals surface area contributed by atoms with E-state index in [2.05, 4.69) is 22.2 Å². The van der Waals surface area contributed by atoms with Gasteiger partial charge < -0.3 is 14.6 Å². The fourth-order valence-electron chi connectivity index (χ4n) is 1.75. The number of rotatable bonds is 7. The van der Waals surface area contributed by atoms with Crippen molar-refractivity contribution >= 4 is 6.01 Å². The summed E-state index contributed by atoms with van der Waals surface area (Å²) in [4.78, 5) is 10.7. The molecule has 0 atom stereocenters. The molecule has 2 aromatic rings. The lowest BCUT2D eigenvalue weighted by molar-refractivity contribution is 0.541. The smallest absolute Gasteiger partial charge is 0.297 e. The maximum absolute atomic E-state index is 5.48. The molecule has 5 nitrogen and oxygen atoms in total. The molecule has 19 heavy (non-hydrogen) atoms. The zero-order chi connectivity index (χ0) is 13.5. The van der Waals surface area contributed by atoms with Crippen LogP contribution in [0.25, 0.3) is 0 Å². The van der Waals surface area contributed by atoms with Crippen molar-refractivity contribution in [3.63, 3.8) is 0 Å². The second kappa shape index (κ2) is 6.89. The van der Waals surface area contributed by atoms with Crippen molar-refractivity contribution < 1.29 is 4.42 Å². The zero-order valence-electron chi connectivity index (χ0n) is 11.5. The predicted molar refractivity (Wildman–Crippen MR) is 74.8 cm³/mol. The van der Waals surface area contributed by atoms with Crippen molar-refractivity contribution in [3.05, 3.63) is 42.0 Å². The molecule has 0 saturated heterocycles. The lowest BCUT2D eigenvalue weighted by Crippen LogP contribution is -2.18. The van der Waals surface area contributed by atoms with E-state index in [-0.39, 0.29) is 0 Å². The van der Waals surface area contributed by atoms with Gasteiger partial charge >= 0.3 is 0 Å². The third-order valence-electron chi connectivity index (χ3n) is 2.72. The summed E-state index contributed by atoms with van der Waals surface area (Å²) in [5, 5.41) is 3.30. The Bertz CT molecular complexity index is 483. The third-order valence-corrected chi connectivity index (χ3v) is 2.72. The number of oxazole rings is 1. The molecule has 0 amide bonds. The average Bonchev–Trinajstić information content (AvgIpc) is 2.89. The van der Waals surface area contributed by atoms with Crippen LogP contribution < -0.4 is 10.2 Å². The lowest BCUT2D eigenvalue weighted by Gasteiger charge is -2.13. The second-order valence-electron chi connectivity index (χ2n) is 4.48. The van der Waals surface area contributed by atoms with Gasteiger partial charge in [-0.3, -0.25) is 4.98 Å². The van der Waals surface area contributed by atoms with Crippen LogP contribution in [0.2, 0.25) is 0 Å². The van der Waals surface area contributed by atoms with Gasteiger partial charge in [0.05, 0.1) is 17.9 Å². The monoisotopic (exact) mass is 260 g/mol. The van der Waals surface area contributed by atoms with Gasteiger partial charge in [-0.05, 0) is 25.1 Å². The molecule has 5 heteroatoms. The molecular weight excluding hydrogens is 240 g/mol. The number of pyridine rings is 1. The van der Waals surface area contributed by atoms with E-state index in [0.29, 0.717) is 12.6 Å². The largest absolute Gasteiger partial charge is 0.432 e. The lowest BCUT2D eigenvalue weighted by atomic mass is 10.3. The minimum absolute atomic E-state index is 0.624. The number of hydrogen-bond acceptors (Lipinski definition) is 5. The zero-order valence-corrected chi connectivity index (χ0v) is 11.5. The van der Waals surface area contributed by atoms with Crippen LogP contribution in [0.5, 0.6) is 0 Å². The molecule has 0 aliphatic carbocycles.